The van der Waals surface area contributed by atoms with E-state index >= 15 is 0 Å². The SMILES string of the molecule is COc1ccc(Nc2ncc(SC)c(Nc3cccc(N)c3)n2)cn1. The summed E-state index contributed by atoms with van der Waals surface area (Å²) in [6.45, 7) is 0. The first-order valence-corrected chi connectivity index (χ1v) is 8.71. The Morgan fingerprint density at radius 3 is 2.60 bits per heavy atom. The van der Waals surface area contributed by atoms with E-state index in [1.165, 1.54) is 0 Å². The molecule has 2 heterocycles. The zero-order chi connectivity index (χ0) is 17.6. The third-order valence-electron chi connectivity index (χ3n) is 3.33. The van der Waals surface area contributed by atoms with Crippen LogP contribution in [0.1, 0.15) is 0 Å². The largest absolute Gasteiger partial charge is 0.481 e. The summed E-state index contributed by atoms with van der Waals surface area (Å²) in [4.78, 5) is 14.0. The van der Waals surface area contributed by atoms with Crippen LogP contribution in [-0.4, -0.2) is 28.3 Å². The number of methoxy groups -OCH3 is 1. The van der Waals surface area contributed by atoms with Gasteiger partial charge in [-0.1, -0.05) is 6.07 Å². The molecule has 0 fully saturated rings. The molecule has 0 aliphatic heterocycles. The monoisotopic (exact) mass is 354 g/mol. The van der Waals surface area contributed by atoms with Gasteiger partial charge in [-0.05, 0) is 30.5 Å². The van der Waals surface area contributed by atoms with Crippen molar-refractivity contribution >= 4 is 40.6 Å². The fourth-order valence-electron chi connectivity index (χ4n) is 2.13. The molecule has 0 amide bonds. The predicted molar refractivity (Wildman–Crippen MR) is 102 cm³/mol. The number of nitrogens with two attached hydrogens (primary N) is 1. The molecule has 25 heavy (non-hydrogen) atoms. The molecule has 0 aliphatic rings. The van der Waals surface area contributed by atoms with E-state index in [9.17, 15) is 0 Å². The summed E-state index contributed by atoms with van der Waals surface area (Å²) in [7, 11) is 1.58. The summed E-state index contributed by atoms with van der Waals surface area (Å²) >= 11 is 1.56. The molecule has 3 rings (SSSR count). The summed E-state index contributed by atoms with van der Waals surface area (Å²) in [5.74, 6) is 1.72. The Hall–Kier alpha value is -3.00. The number of nitrogens with one attached hydrogen (secondary N) is 2. The van der Waals surface area contributed by atoms with Crippen molar-refractivity contribution in [3.63, 3.8) is 0 Å². The Balaban J connectivity index is 1.83. The fourth-order valence-corrected chi connectivity index (χ4v) is 2.58. The van der Waals surface area contributed by atoms with E-state index in [0.29, 0.717) is 23.3 Å². The molecule has 4 N–H and O–H groups in total. The molecular formula is C17H18N6OS. The lowest BCUT2D eigenvalue weighted by Crippen LogP contribution is -2.03. The molecule has 0 saturated carbocycles. The van der Waals surface area contributed by atoms with Gasteiger partial charge in [-0.3, -0.25) is 0 Å². The average Bonchev–Trinajstić information content (AvgIpc) is 2.63. The van der Waals surface area contributed by atoms with Crippen molar-refractivity contribution in [1.29, 1.82) is 0 Å². The van der Waals surface area contributed by atoms with Gasteiger partial charge in [-0.15, -0.1) is 11.8 Å². The second-order valence-electron chi connectivity index (χ2n) is 5.08. The Morgan fingerprint density at radius 2 is 1.92 bits per heavy atom. The van der Waals surface area contributed by atoms with Crippen molar-refractivity contribution in [3.8, 4) is 5.88 Å². The highest BCUT2D eigenvalue weighted by Gasteiger charge is 2.08. The van der Waals surface area contributed by atoms with Crippen LogP contribution in [0.4, 0.5) is 28.8 Å². The van der Waals surface area contributed by atoms with Crippen molar-refractivity contribution in [2.24, 2.45) is 0 Å². The Morgan fingerprint density at radius 1 is 1.04 bits per heavy atom. The van der Waals surface area contributed by atoms with Crippen LogP contribution in [0.2, 0.25) is 0 Å². The van der Waals surface area contributed by atoms with Gasteiger partial charge in [-0.2, -0.15) is 4.98 Å². The number of aromatic nitrogens is 3. The summed E-state index contributed by atoms with van der Waals surface area (Å²) in [6.07, 6.45) is 5.41. The number of hydrogen-bond acceptors (Lipinski definition) is 8. The number of anilines is 5. The average molecular weight is 354 g/mol. The van der Waals surface area contributed by atoms with Gasteiger partial charge < -0.3 is 21.1 Å². The molecule has 0 unspecified atom stereocenters. The molecule has 1 aromatic carbocycles. The third-order valence-corrected chi connectivity index (χ3v) is 4.06. The quantitative estimate of drug-likeness (QED) is 0.456. The number of nitrogen functional groups attached to an aromatic ring is 1. The molecule has 0 atom stereocenters. The zero-order valence-corrected chi connectivity index (χ0v) is 14.7. The Bertz CT molecular complexity index is 856. The summed E-state index contributed by atoms with van der Waals surface area (Å²) < 4.78 is 5.05. The van der Waals surface area contributed by atoms with Gasteiger partial charge in [0.1, 0.15) is 5.82 Å². The van der Waals surface area contributed by atoms with Gasteiger partial charge in [0, 0.05) is 23.6 Å². The molecule has 0 radical (unpaired) electrons. The van der Waals surface area contributed by atoms with Crippen LogP contribution in [0, 0.1) is 0 Å². The van der Waals surface area contributed by atoms with Crippen molar-refractivity contribution < 1.29 is 4.74 Å². The van der Waals surface area contributed by atoms with E-state index in [0.717, 1.165) is 16.3 Å². The molecule has 8 heteroatoms. The minimum absolute atomic E-state index is 0.469. The molecule has 0 spiro atoms. The minimum atomic E-state index is 0.469. The van der Waals surface area contributed by atoms with E-state index in [-0.39, 0.29) is 0 Å². The fraction of sp³-hybridized carbons (Fsp3) is 0.118. The normalized spacial score (nSPS) is 10.3. The summed E-state index contributed by atoms with van der Waals surface area (Å²) in [6, 6.07) is 11.1. The van der Waals surface area contributed by atoms with Crippen LogP contribution in [0.25, 0.3) is 0 Å². The summed E-state index contributed by atoms with van der Waals surface area (Å²) in [5, 5.41) is 6.41. The van der Waals surface area contributed by atoms with Crippen molar-refractivity contribution in [3.05, 3.63) is 48.8 Å². The first-order valence-electron chi connectivity index (χ1n) is 7.48. The lowest BCUT2D eigenvalue weighted by molar-refractivity contribution is 0.398. The van der Waals surface area contributed by atoms with E-state index in [4.69, 9.17) is 10.5 Å². The number of ether oxygens (including phenoxy) is 1. The number of nitrogens with zero attached hydrogens (tertiary/aromatic N) is 3. The topological polar surface area (TPSA) is 98.0 Å². The number of hydrogen-bond donors (Lipinski definition) is 3. The number of thioether (sulfide) groups is 1. The van der Waals surface area contributed by atoms with Gasteiger partial charge >= 0.3 is 0 Å². The molecule has 0 saturated heterocycles. The standard InChI is InChI=1S/C17H18N6OS/c1-24-15-7-6-13(9-19-15)22-17-20-10-14(25-2)16(23-17)21-12-5-3-4-11(18)8-12/h3-10H,18H2,1-2H3,(H2,20,21,22,23). The van der Waals surface area contributed by atoms with Crippen LogP contribution in [0.3, 0.4) is 0 Å². The zero-order valence-electron chi connectivity index (χ0n) is 13.9. The highest BCUT2D eigenvalue weighted by molar-refractivity contribution is 7.98. The number of pyridine rings is 1. The molecular weight excluding hydrogens is 336 g/mol. The minimum Gasteiger partial charge on any atom is -0.481 e. The molecule has 7 nitrogen and oxygen atoms in total. The van der Waals surface area contributed by atoms with Crippen molar-refractivity contribution in [2.45, 2.75) is 4.90 Å². The van der Waals surface area contributed by atoms with Gasteiger partial charge in [-0.25, -0.2) is 9.97 Å². The maximum absolute atomic E-state index is 5.83. The molecule has 3 aromatic rings. The second kappa shape index (κ2) is 7.71. The Labute approximate surface area is 150 Å². The van der Waals surface area contributed by atoms with E-state index in [1.54, 1.807) is 37.3 Å². The van der Waals surface area contributed by atoms with Crippen LogP contribution >= 0.6 is 11.8 Å². The van der Waals surface area contributed by atoms with Gasteiger partial charge in [0.15, 0.2) is 0 Å². The van der Waals surface area contributed by atoms with E-state index in [2.05, 4.69) is 25.6 Å². The molecule has 2 aromatic heterocycles. The number of benzene rings is 1. The maximum atomic E-state index is 5.83. The van der Waals surface area contributed by atoms with Crippen LogP contribution in [0.5, 0.6) is 5.88 Å². The summed E-state index contributed by atoms with van der Waals surface area (Å²) in [5.41, 5.74) is 8.16. The second-order valence-corrected chi connectivity index (χ2v) is 5.92. The highest BCUT2D eigenvalue weighted by atomic mass is 32.2. The lowest BCUT2D eigenvalue weighted by Gasteiger charge is -2.12. The Kier molecular flexibility index (Phi) is 5.20. The number of rotatable bonds is 6. The van der Waals surface area contributed by atoms with Crippen molar-refractivity contribution in [1.82, 2.24) is 15.0 Å². The predicted octanol–water partition coefficient (Wildman–Crippen LogP) is 3.67. The van der Waals surface area contributed by atoms with Crippen molar-refractivity contribution in [2.75, 3.05) is 29.7 Å². The van der Waals surface area contributed by atoms with Crippen LogP contribution in [-0.2, 0) is 0 Å². The van der Waals surface area contributed by atoms with Gasteiger partial charge in [0.05, 0.1) is 23.9 Å². The molecule has 0 aliphatic carbocycles. The van der Waals surface area contributed by atoms with E-state index < -0.39 is 0 Å². The molecule has 128 valence electrons. The van der Waals surface area contributed by atoms with Crippen LogP contribution in [0.15, 0.2) is 53.7 Å². The smallest absolute Gasteiger partial charge is 0.229 e. The van der Waals surface area contributed by atoms with Gasteiger partial charge in [0.25, 0.3) is 0 Å². The lowest BCUT2D eigenvalue weighted by atomic mass is 10.3. The highest BCUT2D eigenvalue weighted by Crippen LogP contribution is 2.28. The maximum Gasteiger partial charge on any atom is 0.229 e. The van der Waals surface area contributed by atoms with Crippen LogP contribution < -0.4 is 21.1 Å². The molecule has 0 bridgehead atoms. The first kappa shape index (κ1) is 16.8. The van der Waals surface area contributed by atoms with E-state index in [1.807, 2.05) is 36.6 Å². The third kappa shape index (κ3) is 4.30. The first-order chi connectivity index (χ1) is 12.2. The van der Waals surface area contributed by atoms with Gasteiger partial charge in [0.2, 0.25) is 11.8 Å².